The van der Waals surface area contributed by atoms with Crippen LogP contribution in [0.2, 0.25) is 0 Å². The second-order valence-corrected chi connectivity index (χ2v) is 8.55. The summed E-state index contributed by atoms with van der Waals surface area (Å²) in [4.78, 5) is 13.0. The largest absolute Gasteiger partial charge is 0.353 e. The summed E-state index contributed by atoms with van der Waals surface area (Å²) in [6.45, 7) is 0.625. The van der Waals surface area contributed by atoms with Crippen LogP contribution >= 0.6 is 11.8 Å². The number of hydrogen-bond acceptors (Lipinski definition) is 4. The van der Waals surface area contributed by atoms with Crippen LogP contribution in [-0.2, 0) is 14.8 Å². The Bertz CT molecular complexity index is 833. The highest BCUT2D eigenvalue weighted by Crippen LogP contribution is 2.17. The zero-order valence-electron chi connectivity index (χ0n) is 14.5. The van der Waals surface area contributed by atoms with Crippen LogP contribution in [0.3, 0.4) is 0 Å². The zero-order valence-corrected chi connectivity index (χ0v) is 16.1. The van der Waals surface area contributed by atoms with Crippen molar-refractivity contribution in [2.45, 2.75) is 11.3 Å². The van der Waals surface area contributed by atoms with Gasteiger partial charge in [0.05, 0.1) is 6.26 Å². The average molecular weight is 391 g/mol. The number of carbonyl (C=O) groups excluding carboxylic acids is 1. The quantitative estimate of drug-likeness (QED) is 0.391. The number of nitrogens with one attached hydrogen (secondary N) is 2. The predicted molar refractivity (Wildman–Crippen MR) is 109 cm³/mol. The fraction of sp³-hybridized carbons (Fsp3) is 0.211. The van der Waals surface area contributed by atoms with E-state index in [2.05, 4.69) is 22.2 Å². The van der Waals surface area contributed by atoms with E-state index in [1.54, 1.807) is 42.1 Å². The van der Waals surface area contributed by atoms with Gasteiger partial charge in [-0.25, -0.2) is 8.42 Å². The van der Waals surface area contributed by atoms with Gasteiger partial charge in [-0.1, -0.05) is 30.3 Å². The molecule has 5 nitrogen and oxygen atoms in total. The standard InChI is InChI=1S/C19H22N2O3S2/c1-26(23,24)21-17-11-8-16(9-12-17)10-13-19(22)20-14-5-15-25-18-6-3-2-4-7-18/h2-4,6-13,21H,5,14-15H2,1H3,(H,20,22)/b13-10+. The predicted octanol–water partition coefficient (Wildman–Crippen LogP) is 3.37. The van der Waals surface area contributed by atoms with Gasteiger partial charge in [0.1, 0.15) is 0 Å². The maximum atomic E-state index is 11.8. The number of sulfonamides is 1. The van der Waals surface area contributed by atoms with E-state index in [1.807, 2.05) is 18.2 Å². The maximum Gasteiger partial charge on any atom is 0.243 e. The van der Waals surface area contributed by atoms with E-state index in [1.165, 1.54) is 11.0 Å². The van der Waals surface area contributed by atoms with Crippen LogP contribution in [0.25, 0.3) is 6.08 Å². The van der Waals surface area contributed by atoms with Gasteiger partial charge >= 0.3 is 0 Å². The topological polar surface area (TPSA) is 75.3 Å². The molecule has 0 atom stereocenters. The minimum Gasteiger partial charge on any atom is -0.353 e. The minimum absolute atomic E-state index is 0.145. The van der Waals surface area contributed by atoms with Crippen LogP contribution in [0.5, 0.6) is 0 Å². The molecule has 7 heteroatoms. The lowest BCUT2D eigenvalue weighted by molar-refractivity contribution is -0.116. The Balaban J connectivity index is 1.68. The maximum absolute atomic E-state index is 11.8. The molecule has 0 aliphatic rings. The number of hydrogen-bond donors (Lipinski definition) is 2. The summed E-state index contributed by atoms with van der Waals surface area (Å²) >= 11 is 1.77. The van der Waals surface area contributed by atoms with Gasteiger partial charge in [-0.05, 0) is 48.1 Å². The monoisotopic (exact) mass is 390 g/mol. The molecule has 0 fully saturated rings. The van der Waals surface area contributed by atoms with E-state index in [-0.39, 0.29) is 5.91 Å². The fourth-order valence-electron chi connectivity index (χ4n) is 2.10. The van der Waals surface area contributed by atoms with Crippen molar-refractivity contribution in [3.8, 4) is 0 Å². The highest BCUT2D eigenvalue weighted by Gasteiger charge is 2.01. The second kappa shape index (κ2) is 10.0. The van der Waals surface area contributed by atoms with E-state index < -0.39 is 10.0 Å². The third kappa shape index (κ3) is 8.22. The molecule has 0 heterocycles. The third-order valence-corrected chi connectivity index (χ3v) is 4.98. The molecule has 0 aliphatic carbocycles. The van der Waals surface area contributed by atoms with Crippen LogP contribution < -0.4 is 10.0 Å². The summed E-state index contributed by atoms with van der Waals surface area (Å²) in [5, 5.41) is 2.85. The highest BCUT2D eigenvalue weighted by molar-refractivity contribution is 7.99. The molecule has 2 aromatic rings. The van der Waals surface area contributed by atoms with Crippen molar-refractivity contribution in [3.05, 3.63) is 66.2 Å². The van der Waals surface area contributed by atoms with Gasteiger partial charge in [0.2, 0.25) is 15.9 Å². The molecule has 0 bridgehead atoms. The molecule has 2 rings (SSSR count). The van der Waals surface area contributed by atoms with Gasteiger partial charge in [-0.3, -0.25) is 9.52 Å². The number of thioether (sulfide) groups is 1. The van der Waals surface area contributed by atoms with Gasteiger partial charge < -0.3 is 5.32 Å². The summed E-state index contributed by atoms with van der Waals surface area (Å²) < 4.78 is 24.7. The number of rotatable bonds is 9. The number of anilines is 1. The molecule has 0 unspecified atom stereocenters. The Labute approximate surface area is 158 Å². The minimum atomic E-state index is -3.28. The second-order valence-electron chi connectivity index (χ2n) is 5.64. The first-order chi connectivity index (χ1) is 12.4. The van der Waals surface area contributed by atoms with Crippen molar-refractivity contribution in [3.63, 3.8) is 0 Å². The molecule has 2 N–H and O–H groups in total. The van der Waals surface area contributed by atoms with Crippen LogP contribution in [-0.4, -0.2) is 32.9 Å². The lowest BCUT2D eigenvalue weighted by Crippen LogP contribution is -2.22. The van der Waals surface area contributed by atoms with Gasteiger partial charge in [0.15, 0.2) is 0 Å². The summed E-state index contributed by atoms with van der Waals surface area (Å²) in [7, 11) is -3.28. The molecule has 2 aromatic carbocycles. The van der Waals surface area contributed by atoms with Gasteiger partial charge in [0.25, 0.3) is 0 Å². The van der Waals surface area contributed by atoms with Crippen molar-refractivity contribution in [2.24, 2.45) is 0 Å². The molecule has 1 amide bonds. The molecule has 0 aliphatic heterocycles. The molecule has 138 valence electrons. The van der Waals surface area contributed by atoms with Crippen LogP contribution in [0.15, 0.2) is 65.6 Å². The van der Waals surface area contributed by atoms with E-state index >= 15 is 0 Å². The summed E-state index contributed by atoms with van der Waals surface area (Å²) in [5.74, 6) is 0.802. The van der Waals surface area contributed by atoms with Crippen LogP contribution in [0.1, 0.15) is 12.0 Å². The highest BCUT2D eigenvalue weighted by atomic mass is 32.2. The lowest BCUT2D eigenvalue weighted by atomic mass is 10.2. The number of amides is 1. The summed E-state index contributed by atoms with van der Waals surface area (Å²) in [6, 6.07) is 17.0. The molecule has 0 saturated carbocycles. The normalized spacial score (nSPS) is 11.4. The van der Waals surface area contributed by atoms with Gasteiger partial charge in [0, 0.05) is 23.2 Å². The van der Waals surface area contributed by atoms with E-state index in [4.69, 9.17) is 0 Å². The first-order valence-corrected chi connectivity index (χ1v) is 11.0. The molecule has 26 heavy (non-hydrogen) atoms. The van der Waals surface area contributed by atoms with Crippen LogP contribution in [0, 0.1) is 0 Å². The molecular formula is C19H22N2O3S2. The van der Waals surface area contributed by atoms with Crippen LogP contribution in [0.4, 0.5) is 5.69 Å². The third-order valence-electron chi connectivity index (χ3n) is 3.27. The van der Waals surface area contributed by atoms with E-state index in [9.17, 15) is 13.2 Å². The van der Waals surface area contributed by atoms with E-state index in [0.717, 1.165) is 24.0 Å². The smallest absolute Gasteiger partial charge is 0.243 e. The Morgan fingerprint density at radius 2 is 1.77 bits per heavy atom. The van der Waals surface area contributed by atoms with Crippen molar-refractivity contribution in [1.29, 1.82) is 0 Å². The van der Waals surface area contributed by atoms with Gasteiger partial charge in [-0.2, -0.15) is 0 Å². The lowest BCUT2D eigenvalue weighted by Gasteiger charge is -2.04. The molecule has 0 spiro atoms. The molecule has 0 saturated heterocycles. The first-order valence-electron chi connectivity index (χ1n) is 8.14. The Kier molecular flexibility index (Phi) is 7.74. The summed E-state index contributed by atoms with van der Waals surface area (Å²) in [5.41, 5.74) is 1.31. The van der Waals surface area contributed by atoms with Gasteiger partial charge in [-0.15, -0.1) is 11.8 Å². The number of carbonyl (C=O) groups is 1. The Morgan fingerprint density at radius 1 is 1.08 bits per heavy atom. The SMILES string of the molecule is CS(=O)(=O)Nc1ccc(/C=C/C(=O)NCCCSc2ccccc2)cc1. The molecule has 0 radical (unpaired) electrons. The van der Waals surface area contributed by atoms with Crippen molar-refractivity contribution in [1.82, 2.24) is 5.32 Å². The fourth-order valence-corrected chi connectivity index (χ4v) is 3.54. The Hall–Kier alpha value is -2.25. The van der Waals surface area contributed by atoms with Crippen molar-refractivity contribution < 1.29 is 13.2 Å². The van der Waals surface area contributed by atoms with E-state index in [0.29, 0.717) is 12.2 Å². The van der Waals surface area contributed by atoms with Crippen molar-refractivity contribution in [2.75, 3.05) is 23.3 Å². The average Bonchev–Trinajstić information content (AvgIpc) is 2.60. The number of benzene rings is 2. The summed E-state index contributed by atoms with van der Waals surface area (Å²) in [6.07, 6.45) is 5.16. The Morgan fingerprint density at radius 3 is 2.42 bits per heavy atom. The first kappa shape index (κ1) is 20.1. The molecule has 0 aromatic heterocycles. The molecular weight excluding hydrogens is 368 g/mol. The zero-order chi connectivity index (χ0) is 18.8. The van der Waals surface area contributed by atoms with Crippen molar-refractivity contribution >= 4 is 39.5 Å².